The summed E-state index contributed by atoms with van der Waals surface area (Å²) in [7, 11) is 0. The molecule has 0 aliphatic carbocycles. The molecule has 2 aromatic carbocycles. The van der Waals surface area contributed by atoms with Gasteiger partial charge in [0.1, 0.15) is 12.4 Å². The predicted octanol–water partition coefficient (Wildman–Crippen LogP) is 7.08. The molecule has 2 heteroatoms. The highest BCUT2D eigenvalue weighted by atomic mass is 16.5. The van der Waals surface area contributed by atoms with E-state index in [4.69, 9.17) is 4.74 Å². The van der Waals surface area contributed by atoms with Crippen molar-refractivity contribution in [3.8, 4) is 5.75 Å². The topological polar surface area (TPSA) is 22.0 Å². The van der Waals surface area contributed by atoms with Crippen molar-refractivity contribution in [2.45, 2.75) is 79.8 Å². The zero-order valence-corrected chi connectivity index (χ0v) is 18.4. The maximum Gasteiger partial charge on any atom is 0.157 e. The number of aryl methyl sites for hydroxylation is 1. The van der Waals surface area contributed by atoms with E-state index in [2.05, 4.69) is 82.7 Å². The number of benzene rings is 2. The lowest BCUT2D eigenvalue weighted by Gasteiger charge is -2.10. The van der Waals surface area contributed by atoms with Crippen LogP contribution in [-0.2, 0) is 0 Å². The first kappa shape index (κ1) is 23.5. The van der Waals surface area contributed by atoms with Gasteiger partial charge >= 0.3 is 0 Å². The van der Waals surface area contributed by atoms with Crippen LogP contribution in [0.3, 0.4) is 0 Å². The molecule has 3 rings (SSSR count). The summed E-state index contributed by atoms with van der Waals surface area (Å²) >= 11 is 0. The van der Waals surface area contributed by atoms with Crippen LogP contribution >= 0.6 is 0 Å². The van der Waals surface area contributed by atoms with E-state index in [1.165, 1.54) is 42.0 Å². The number of aliphatic hydroxyl groups is 2. The Hall–Kier alpha value is -1.54. The van der Waals surface area contributed by atoms with Crippen LogP contribution in [0.1, 0.15) is 72.3 Å². The lowest BCUT2D eigenvalue weighted by molar-refractivity contribution is -0.0805. The molecule has 1 saturated heterocycles. The molecule has 1 aliphatic heterocycles. The van der Waals surface area contributed by atoms with Gasteiger partial charge in [0.15, 0.2) is 6.10 Å². The molecular weight excluding hydrogens is 332 g/mol. The monoisotopic (exact) mass is 373 g/mol. The second kappa shape index (κ2) is 13.6. The first-order valence-corrected chi connectivity index (χ1v) is 10.8. The fraction of sp³-hybridized carbons (Fsp3) is 0.600. The van der Waals surface area contributed by atoms with Crippen LogP contribution in [0.4, 0.5) is 0 Å². The van der Waals surface area contributed by atoms with Crippen LogP contribution < -0.4 is 4.74 Å². The van der Waals surface area contributed by atoms with Gasteiger partial charge in [-0.3, -0.25) is 0 Å². The van der Waals surface area contributed by atoms with Crippen molar-refractivity contribution in [1.82, 2.24) is 0 Å². The number of unbranched alkanes of at least 4 members (excludes halogenated alkanes) is 1. The molecule has 0 bridgehead atoms. The maximum atomic E-state index is 5.81. The van der Waals surface area contributed by atoms with Gasteiger partial charge in [0.2, 0.25) is 0 Å². The average Bonchev–Trinajstić information content (AvgIpc) is 3.20. The molecule has 1 unspecified atom stereocenters. The lowest BCUT2D eigenvalue weighted by atomic mass is 10.0. The molecule has 0 saturated carbocycles. The van der Waals surface area contributed by atoms with Crippen molar-refractivity contribution in [1.29, 1.82) is 0 Å². The second-order valence-corrected chi connectivity index (χ2v) is 7.70. The Balaban J connectivity index is 0.000000277. The fourth-order valence-electron chi connectivity index (χ4n) is 3.07. The van der Waals surface area contributed by atoms with Crippen LogP contribution in [0.25, 0.3) is 10.8 Å². The Labute approximate surface area is 167 Å². The van der Waals surface area contributed by atoms with Gasteiger partial charge in [0, 0.05) is 24.1 Å². The summed E-state index contributed by atoms with van der Waals surface area (Å²) in [6.45, 7) is 15.0. The highest BCUT2D eigenvalue weighted by molar-refractivity contribution is 5.90. The minimum Gasteiger partial charge on any atom is -0.493 e. The smallest absolute Gasteiger partial charge is 0.157 e. The van der Waals surface area contributed by atoms with Gasteiger partial charge in [-0.2, -0.15) is 0 Å². The largest absolute Gasteiger partial charge is 0.493 e. The average molecular weight is 374 g/mol. The standard InChI is InChI=1S/C15H18O.C7H14O.C3H8/c1-3-4-11-16-15-10-9-12(2)13-7-5-6-8-14(13)15;1-6(2)7-4-3-5-8-7;1-3-2/h5-10H,3-4,11H2,1-2H3;6-7H,3-5H2,1-2H3;3H2,1-2H3/p+1. The lowest BCUT2D eigenvalue weighted by Crippen LogP contribution is -2.16. The molecular formula is C25H41O2+. The second-order valence-electron chi connectivity index (χ2n) is 7.70. The van der Waals surface area contributed by atoms with Crippen molar-refractivity contribution in [3.05, 3.63) is 42.0 Å². The highest BCUT2D eigenvalue weighted by Gasteiger charge is 2.23. The van der Waals surface area contributed by atoms with Gasteiger partial charge < -0.3 is 9.47 Å². The number of hydrogen-bond acceptors (Lipinski definition) is 1. The Kier molecular flexibility index (Phi) is 11.8. The molecule has 0 radical (unpaired) electrons. The molecule has 2 aromatic rings. The zero-order valence-electron chi connectivity index (χ0n) is 18.4. The summed E-state index contributed by atoms with van der Waals surface area (Å²) in [4.78, 5) is 0. The molecule has 1 aliphatic rings. The molecule has 1 atom stereocenters. The zero-order chi connectivity index (χ0) is 20.1. The quantitative estimate of drug-likeness (QED) is 0.405. The molecule has 1 heterocycles. The van der Waals surface area contributed by atoms with E-state index < -0.39 is 0 Å². The van der Waals surface area contributed by atoms with Crippen LogP contribution in [0.2, 0.25) is 0 Å². The molecule has 0 aromatic heterocycles. The molecule has 27 heavy (non-hydrogen) atoms. The van der Waals surface area contributed by atoms with Gasteiger partial charge in [-0.15, -0.1) is 0 Å². The van der Waals surface area contributed by atoms with E-state index in [0.717, 1.165) is 31.3 Å². The van der Waals surface area contributed by atoms with E-state index in [1.54, 1.807) is 0 Å². The Morgan fingerprint density at radius 2 is 1.70 bits per heavy atom. The van der Waals surface area contributed by atoms with Crippen LogP contribution in [-0.4, -0.2) is 24.1 Å². The Morgan fingerprint density at radius 3 is 2.22 bits per heavy atom. The SMILES string of the molecule is CC(C)C1CCC[OH+]1.CCC.CCCCOc1ccc(C)c2ccccc12. The number of hydrogen-bond donors (Lipinski definition) is 0. The van der Waals surface area contributed by atoms with Crippen molar-refractivity contribution in [2.24, 2.45) is 5.92 Å². The third-order valence-corrected chi connectivity index (χ3v) is 4.65. The van der Waals surface area contributed by atoms with Crippen molar-refractivity contribution in [3.63, 3.8) is 0 Å². The predicted molar refractivity (Wildman–Crippen MR) is 120 cm³/mol. The minimum atomic E-state index is 0.690. The molecule has 152 valence electrons. The first-order valence-electron chi connectivity index (χ1n) is 10.8. The van der Waals surface area contributed by atoms with E-state index in [-0.39, 0.29) is 0 Å². The summed E-state index contributed by atoms with van der Waals surface area (Å²) in [5.41, 5.74) is 1.30. The number of ether oxygens (including phenoxy) is 2. The Morgan fingerprint density at radius 1 is 1.04 bits per heavy atom. The first-order chi connectivity index (χ1) is 13.0. The van der Waals surface area contributed by atoms with Gasteiger partial charge in [-0.25, -0.2) is 0 Å². The molecule has 2 nitrogen and oxygen atoms in total. The summed E-state index contributed by atoms with van der Waals surface area (Å²) in [6.07, 6.45) is 6.88. The van der Waals surface area contributed by atoms with Gasteiger partial charge in [-0.1, -0.05) is 77.8 Å². The van der Waals surface area contributed by atoms with E-state index in [1.807, 2.05) is 0 Å². The molecule has 1 N–H and O–H groups in total. The van der Waals surface area contributed by atoms with Crippen molar-refractivity contribution < 1.29 is 9.47 Å². The van der Waals surface area contributed by atoms with Crippen LogP contribution in [0.15, 0.2) is 36.4 Å². The Bertz CT molecular complexity index is 627. The van der Waals surface area contributed by atoms with E-state index in [9.17, 15) is 0 Å². The van der Waals surface area contributed by atoms with Crippen LogP contribution in [0, 0.1) is 12.8 Å². The molecule has 0 spiro atoms. The third kappa shape index (κ3) is 8.34. The third-order valence-electron chi connectivity index (χ3n) is 4.65. The van der Waals surface area contributed by atoms with E-state index in [0.29, 0.717) is 6.10 Å². The van der Waals surface area contributed by atoms with E-state index >= 15 is 0 Å². The molecule has 1 fully saturated rings. The number of rotatable bonds is 5. The molecule has 0 amide bonds. The summed E-state index contributed by atoms with van der Waals surface area (Å²) in [5.74, 6) is 1.78. The van der Waals surface area contributed by atoms with Crippen LogP contribution in [0.5, 0.6) is 5.75 Å². The fourth-order valence-corrected chi connectivity index (χ4v) is 3.07. The van der Waals surface area contributed by atoms with Gasteiger partial charge in [0.05, 0.1) is 6.61 Å². The summed E-state index contributed by atoms with van der Waals surface area (Å²) < 4.78 is 10.2. The minimum absolute atomic E-state index is 0.690. The normalized spacial score (nSPS) is 15.7. The van der Waals surface area contributed by atoms with Gasteiger partial charge in [-0.05, 0) is 30.4 Å². The summed E-state index contributed by atoms with van der Waals surface area (Å²) in [5, 5.41) is 2.51. The highest BCUT2D eigenvalue weighted by Crippen LogP contribution is 2.28. The van der Waals surface area contributed by atoms with Crippen molar-refractivity contribution >= 4 is 10.8 Å². The van der Waals surface area contributed by atoms with Gasteiger partial charge in [0.25, 0.3) is 0 Å². The summed E-state index contributed by atoms with van der Waals surface area (Å²) in [6, 6.07) is 12.6. The maximum absolute atomic E-state index is 5.81. The van der Waals surface area contributed by atoms with Crippen molar-refractivity contribution in [2.75, 3.05) is 13.2 Å². The number of fused-ring (bicyclic) bond motifs is 1.